The summed E-state index contributed by atoms with van der Waals surface area (Å²) in [6, 6.07) is 9.39. The van der Waals surface area contributed by atoms with Gasteiger partial charge in [0.2, 0.25) is 5.91 Å². The van der Waals surface area contributed by atoms with Crippen molar-refractivity contribution in [3.05, 3.63) is 65.8 Å². The SMILES string of the molecule is Cc1ccc2c(NC(=O)/C=C/c3ccco3)ccnc2c1C. The lowest BCUT2D eigenvalue weighted by Crippen LogP contribution is -2.08. The number of aryl methyl sites for hydroxylation is 2. The summed E-state index contributed by atoms with van der Waals surface area (Å²) >= 11 is 0. The number of fused-ring (bicyclic) bond motifs is 1. The van der Waals surface area contributed by atoms with Gasteiger partial charge in [-0.05, 0) is 49.2 Å². The number of pyridine rings is 1. The maximum atomic E-state index is 12.0. The van der Waals surface area contributed by atoms with Gasteiger partial charge in [0.25, 0.3) is 0 Å². The lowest BCUT2D eigenvalue weighted by molar-refractivity contribution is -0.111. The highest BCUT2D eigenvalue weighted by atomic mass is 16.3. The molecule has 1 N–H and O–H groups in total. The molecule has 3 aromatic rings. The van der Waals surface area contributed by atoms with Gasteiger partial charge in [0, 0.05) is 17.7 Å². The van der Waals surface area contributed by atoms with Crippen LogP contribution in [0.2, 0.25) is 0 Å². The fourth-order valence-electron chi connectivity index (χ4n) is 2.29. The summed E-state index contributed by atoms with van der Waals surface area (Å²) < 4.78 is 5.16. The van der Waals surface area contributed by atoms with Crippen molar-refractivity contribution in [3.63, 3.8) is 0 Å². The number of carbonyl (C=O) groups excluding carboxylic acids is 1. The van der Waals surface area contributed by atoms with E-state index in [-0.39, 0.29) is 5.91 Å². The van der Waals surface area contributed by atoms with E-state index in [1.165, 1.54) is 11.6 Å². The Morgan fingerprint density at radius 3 is 2.86 bits per heavy atom. The topological polar surface area (TPSA) is 55.1 Å². The molecule has 4 nitrogen and oxygen atoms in total. The summed E-state index contributed by atoms with van der Waals surface area (Å²) in [5, 5.41) is 3.82. The molecule has 0 unspecified atom stereocenters. The number of amides is 1. The molecule has 0 atom stereocenters. The molecular formula is C18H16N2O2. The molecule has 22 heavy (non-hydrogen) atoms. The predicted octanol–water partition coefficient (Wildman–Crippen LogP) is 4.10. The van der Waals surface area contributed by atoms with Crippen molar-refractivity contribution in [1.82, 2.24) is 4.98 Å². The first-order chi connectivity index (χ1) is 10.6. The minimum absolute atomic E-state index is 0.206. The van der Waals surface area contributed by atoms with Crippen molar-refractivity contribution in [2.45, 2.75) is 13.8 Å². The molecule has 3 rings (SSSR count). The number of anilines is 1. The van der Waals surface area contributed by atoms with Gasteiger partial charge in [-0.3, -0.25) is 9.78 Å². The Kier molecular flexibility index (Phi) is 3.74. The summed E-state index contributed by atoms with van der Waals surface area (Å²) in [6.07, 6.45) is 6.36. The van der Waals surface area contributed by atoms with Gasteiger partial charge in [-0.25, -0.2) is 0 Å². The lowest BCUT2D eigenvalue weighted by Gasteiger charge is -2.09. The molecule has 0 radical (unpaired) electrons. The minimum atomic E-state index is -0.206. The van der Waals surface area contributed by atoms with Gasteiger partial charge in [0.15, 0.2) is 0 Å². The van der Waals surface area contributed by atoms with E-state index in [9.17, 15) is 4.79 Å². The molecule has 0 spiro atoms. The van der Waals surface area contributed by atoms with Gasteiger partial charge in [-0.15, -0.1) is 0 Å². The van der Waals surface area contributed by atoms with Crippen LogP contribution in [0.1, 0.15) is 16.9 Å². The van der Waals surface area contributed by atoms with E-state index in [0.717, 1.165) is 22.2 Å². The molecule has 1 aromatic carbocycles. The normalized spacial score (nSPS) is 11.2. The van der Waals surface area contributed by atoms with Crippen LogP contribution >= 0.6 is 0 Å². The van der Waals surface area contributed by atoms with E-state index < -0.39 is 0 Å². The number of furan rings is 1. The molecule has 4 heteroatoms. The van der Waals surface area contributed by atoms with Gasteiger partial charge in [-0.1, -0.05) is 12.1 Å². The molecule has 1 amide bonds. The van der Waals surface area contributed by atoms with Crippen LogP contribution in [0.3, 0.4) is 0 Å². The van der Waals surface area contributed by atoms with Crippen molar-refractivity contribution in [2.24, 2.45) is 0 Å². The third-order valence-corrected chi connectivity index (χ3v) is 3.64. The number of carbonyl (C=O) groups is 1. The first-order valence-corrected chi connectivity index (χ1v) is 7.02. The maximum Gasteiger partial charge on any atom is 0.248 e. The molecule has 0 aliphatic heterocycles. The van der Waals surface area contributed by atoms with Crippen molar-refractivity contribution in [1.29, 1.82) is 0 Å². The lowest BCUT2D eigenvalue weighted by atomic mass is 10.0. The average Bonchev–Trinajstić information content (AvgIpc) is 3.03. The zero-order chi connectivity index (χ0) is 15.5. The quantitative estimate of drug-likeness (QED) is 0.739. The average molecular weight is 292 g/mol. The maximum absolute atomic E-state index is 12.0. The van der Waals surface area contributed by atoms with Crippen LogP contribution in [0.4, 0.5) is 5.69 Å². The van der Waals surface area contributed by atoms with Gasteiger partial charge in [0.05, 0.1) is 17.5 Å². The van der Waals surface area contributed by atoms with Gasteiger partial charge in [-0.2, -0.15) is 0 Å². The summed E-state index contributed by atoms with van der Waals surface area (Å²) in [5.74, 6) is 0.434. The number of rotatable bonds is 3. The number of benzene rings is 1. The Bertz CT molecular complexity index is 849. The minimum Gasteiger partial charge on any atom is -0.465 e. The fraction of sp³-hybridized carbons (Fsp3) is 0.111. The van der Waals surface area contributed by atoms with E-state index in [2.05, 4.69) is 10.3 Å². The first-order valence-electron chi connectivity index (χ1n) is 7.02. The second-order valence-corrected chi connectivity index (χ2v) is 5.10. The van der Waals surface area contributed by atoms with Crippen LogP contribution in [0.25, 0.3) is 17.0 Å². The summed E-state index contributed by atoms with van der Waals surface area (Å²) in [6.45, 7) is 4.08. The first kappa shape index (κ1) is 14.1. The van der Waals surface area contributed by atoms with Gasteiger partial charge < -0.3 is 9.73 Å². The largest absolute Gasteiger partial charge is 0.465 e. The monoisotopic (exact) mass is 292 g/mol. The van der Waals surface area contributed by atoms with Crippen LogP contribution in [0, 0.1) is 13.8 Å². The highest BCUT2D eigenvalue weighted by Crippen LogP contribution is 2.25. The van der Waals surface area contributed by atoms with Crippen molar-refractivity contribution >= 4 is 28.6 Å². The molecule has 0 aliphatic rings. The van der Waals surface area contributed by atoms with Crippen molar-refractivity contribution in [3.8, 4) is 0 Å². The van der Waals surface area contributed by atoms with Crippen LogP contribution < -0.4 is 5.32 Å². The Morgan fingerprint density at radius 1 is 1.23 bits per heavy atom. The van der Waals surface area contributed by atoms with Crippen molar-refractivity contribution < 1.29 is 9.21 Å². The molecular weight excluding hydrogens is 276 g/mol. The molecule has 2 heterocycles. The van der Waals surface area contributed by atoms with E-state index in [4.69, 9.17) is 4.42 Å². The number of hydrogen-bond donors (Lipinski definition) is 1. The molecule has 2 aromatic heterocycles. The Labute approximate surface area is 128 Å². The van der Waals surface area contributed by atoms with E-state index >= 15 is 0 Å². The number of hydrogen-bond acceptors (Lipinski definition) is 3. The van der Waals surface area contributed by atoms with E-state index in [1.54, 1.807) is 36.7 Å². The van der Waals surface area contributed by atoms with E-state index in [0.29, 0.717) is 5.76 Å². The van der Waals surface area contributed by atoms with Gasteiger partial charge in [0.1, 0.15) is 5.76 Å². The summed E-state index contributed by atoms with van der Waals surface area (Å²) in [5.41, 5.74) is 3.97. The molecule has 0 fully saturated rings. The smallest absolute Gasteiger partial charge is 0.248 e. The van der Waals surface area contributed by atoms with Crippen LogP contribution in [-0.4, -0.2) is 10.9 Å². The predicted molar refractivity (Wildman–Crippen MR) is 87.6 cm³/mol. The van der Waals surface area contributed by atoms with E-state index in [1.807, 2.05) is 26.0 Å². The Balaban J connectivity index is 1.88. The summed E-state index contributed by atoms with van der Waals surface area (Å²) in [7, 11) is 0. The second kappa shape index (κ2) is 5.85. The second-order valence-electron chi connectivity index (χ2n) is 5.10. The zero-order valence-electron chi connectivity index (χ0n) is 12.5. The van der Waals surface area contributed by atoms with Crippen molar-refractivity contribution in [2.75, 3.05) is 5.32 Å². The number of nitrogens with zero attached hydrogens (tertiary/aromatic N) is 1. The summed E-state index contributed by atoms with van der Waals surface area (Å²) in [4.78, 5) is 16.5. The number of aromatic nitrogens is 1. The standard InChI is InChI=1S/C18H16N2O2/c1-12-5-7-15-16(9-10-19-18(15)13(12)2)20-17(21)8-6-14-4-3-11-22-14/h3-11H,1-2H3,(H,19,20,21)/b8-6+. The third kappa shape index (κ3) is 2.76. The molecule has 0 aliphatic carbocycles. The Hall–Kier alpha value is -2.88. The highest BCUT2D eigenvalue weighted by molar-refractivity contribution is 6.07. The highest BCUT2D eigenvalue weighted by Gasteiger charge is 2.07. The number of nitrogens with one attached hydrogen (secondary N) is 1. The Morgan fingerprint density at radius 2 is 2.09 bits per heavy atom. The molecule has 110 valence electrons. The molecule has 0 bridgehead atoms. The molecule has 0 saturated carbocycles. The van der Waals surface area contributed by atoms with Crippen LogP contribution in [0.15, 0.2) is 53.3 Å². The van der Waals surface area contributed by atoms with Gasteiger partial charge >= 0.3 is 0 Å². The third-order valence-electron chi connectivity index (χ3n) is 3.64. The zero-order valence-corrected chi connectivity index (χ0v) is 12.5. The molecule has 0 saturated heterocycles. The fourth-order valence-corrected chi connectivity index (χ4v) is 2.29. The van der Waals surface area contributed by atoms with Crippen LogP contribution in [0.5, 0.6) is 0 Å². The van der Waals surface area contributed by atoms with Crippen LogP contribution in [-0.2, 0) is 4.79 Å².